The number of aryl methyl sites for hydroxylation is 1. The molecule has 4 heteroatoms. The Kier molecular flexibility index (Phi) is 4.22. The molecule has 0 saturated heterocycles. The molecule has 1 aliphatic carbocycles. The lowest BCUT2D eigenvalue weighted by molar-refractivity contribution is 0.102. The van der Waals surface area contributed by atoms with Gasteiger partial charge in [-0.05, 0) is 61.1 Å². The number of amides is 1. The second-order valence-corrected chi connectivity index (χ2v) is 6.19. The normalized spacial score (nSPS) is 13.6. The van der Waals surface area contributed by atoms with Gasteiger partial charge in [-0.3, -0.25) is 4.79 Å². The lowest BCUT2D eigenvalue weighted by Gasteiger charge is -2.19. The Bertz CT molecular complexity index is 699. The van der Waals surface area contributed by atoms with E-state index < -0.39 is 0 Å². The molecule has 0 bridgehead atoms. The van der Waals surface area contributed by atoms with Crippen LogP contribution in [0.5, 0.6) is 0 Å². The van der Waals surface area contributed by atoms with Crippen molar-refractivity contribution in [2.24, 2.45) is 0 Å². The molecule has 0 heterocycles. The summed E-state index contributed by atoms with van der Waals surface area (Å²) in [5, 5.41) is 3.44. The number of carbonyl (C=O) groups is 1. The highest BCUT2D eigenvalue weighted by Crippen LogP contribution is 2.29. The van der Waals surface area contributed by atoms with Crippen molar-refractivity contribution in [3.8, 4) is 0 Å². The summed E-state index contributed by atoms with van der Waals surface area (Å²) in [6, 6.07) is 11.3. The molecule has 0 atom stereocenters. The molecule has 2 nitrogen and oxygen atoms in total. The Balaban J connectivity index is 1.90. The van der Waals surface area contributed by atoms with Crippen LogP contribution in [0, 0.1) is 0 Å². The summed E-state index contributed by atoms with van der Waals surface area (Å²) in [4.78, 5) is 13.2. The first-order valence-corrected chi connectivity index (χ1v) is 7.88. The Hall–Kier alpha value is -1.45. The van der Waals surface area contributed by atoms with Crippen molar-refractivity contribution in [2.45, 2.75) is 30.6 Å². The molecular weight excluding hydrogens is 302 g/mol. The number of nitrogens with one attached hydrogen (secondary N) is 1. The Morgan fingerprint density at radius 1 is 1.14 bits per heavy atom. The average molecular weight is 318 g/mol. The fourth-order valence-electron chi connectivity index (χ4n) is 2.78. The van der Waals surface area contributed by atoms with E-state index in [1.165, 1.54) is 24.0 Å². The van der Waals surface area contributed by atoms with E-state index in [2.05, 4.69) is 24.0 Å². The Morgan fingerprint density at radius 3 is 2.81 bits per heavy atom. The van der Waals surface area contributed by atoms with E-state index in [0.29, 0.717) is 10.6 Å². The van der Waals surface area contributed by atoms with Crippen LogP contribution in [0.1, 0.15) is 34.3 Å². The van der Waals surface area contributed by atoms with Crippen LogP contribution < -0.4 is 5.32 Å². The summed E-state index contributed by atoms with van der Waals surface area (Å²) in [6.07, 6.45) is 4.50. The molecule has 21 heavy (non-hydrogen) atoms. The third-order valence-electron chi connectivity index (χ3n) is 3.84. The number of halogens is 1. The molecule has 0 spiro atoms. The minimum atomic E-state index is -0.185. The van der Waals surface area contributed by atoms with Gasteiger partial charge in [-0.1, -0.05) is 23.7 Å². The predicted octanol–water partition coefficient (Wildman–Crippen LogP) is 4.76. The van der Waals surface area contributed by atoms with Crippen LogP contribution in [-0.4, -0.2) is 5.91 Å². The van der Waals surface area contributed by atoms with Gasteiger partial charge in [0.1, 0.15) is 0 Å². The van der Waals surface area contributed by atoms with Crippen LogP contribution in [0.15, 0.2) is 41.3 Å². The predicted molar refractivity (Wildman–Crippen MR) is 89.7 cm³/mol. The summed E-state index contributed by atoms with van der Waals surface area (Å²) in [6.45, 7) is 0. The monoisotopic (exact) mass is 317 g/mol. The van der Waals surface area contributed by atoms with E-state index in [9.17, 15) is 4.79 Å². The highest BCUT2D eigenvalue weighted by molar-refractivity contribution is 7.80. The van der Waals surface area contributed by atoms with E-state index in [4.69, 9.17) is 11.6 Å². The van der Waals surface area contributed by atoms with Crippen molar-refractivity contribution in [2.75, 3.05) is 5.32 Å². The maximum absolute atomic E-state index is 12.4. The average Bonchev–Trinajstić information content (AvgIpc) is 2.50. The second kappa shape index (κ2) is 6.12. The largest absolute Gasteiger partial charge is 0.322 e. The van der Waals surface area contributed by atoms with E-state index in [-0.39, 0.29) is 5.91 Å². The van der Waals surface area contributed by atoms with Crippen molar-refractivity contribution in [3.63, 3.8) is 0 Å². The minimum absolute atomic E-state index is 0.185. The van der Waals surface area contributed by atoms with Crippen LogP contribution in [0.25, 0.3) is 0 Å². The third-order valence-corrected chi connectivity index (χ3v) is 4.45. The molecule has 1 aliphatic rings. The number of hydrogen-bond donors (Lipinski definition) is 2. The van der Waals surface area contributed by atoms with Crippen LogP contribution in [0.3, 0.4) is 0 Å². The van der Waals surface area contributed by atoms with Crippen molar-refractivity contribution >= 4 is 35.8 Å². The molecule has 108 valence electrons. The van der Waals surface area contributed by atoms with Crippen LogP contribution >= 0.6 is 24.2 Å². The number of rotatable bonds is 2. The molecule has 2 aromatic rings. The van der Waals surface area contributed by atoms with Crippen molar-refractivity contribution in [3.05, 3.63) is 58.1 Å². The lowest BCUT2D eigenvalue weighted by atomic mass is 9.90. The molecule has 1 amide bonds. The zero-order valence-corrected chi connectivity index (χ0v) is 13.2. The highest BCUT2D eigenvalue weighted by atomic mass is 35.5. The Labute approximate surface area is 134 Å². The molecule has 0 aliphatic heterocycles. The summed E-state index contributed by atoms with van der Waals surface area (Å²) in [5.74, 6) is -0.185. The lowest BCUT2D eigenvalue weighted by Crippen LogP contribution is -2.15. The van der Waals surface area contributed by atoms with E-state index in [0.717, 1.165) is 23.4 Å². The van der Waals surface area contributed by atoms with Gasteiger partial charge in [0.25, 0.3) is 5.91 Å². The number of benzene rings is 2. The molecule has 0 aromatic heterocycles. The van der Waals surface area contributed by atoms with E-state index >= 15 is 0 Å². The zero-order valence-electron chi connectivity index (χ0n) is 11.5. The number of thiol groups is 1. The quantitative estimate of drug-likeness (QED) is 0.768. The summed E-state index contributed by atoms with van der Waals surface area (Å²) in [5.41, 5.74) is 3.96. The molecular formula is C17H16ClNOS. The van der Waals surface area contributed by atoms with Gasteiger partial charge in [0.05, 0.1) is 10.6 Å². The molecule has 0 unspecified atom stereocenters. The first-order chi connectivity index (χ1) is 10.1. The summed E-state index contributed by atoms with van der Waals surface area (Å²) >= 11 is 10.4. The number of hydrogen-bond acceptors (Lipinski definition) is 2. The van der Waals surface area contributed by atoms with Crippen LogP contribution in [0.2, 0.25) is 5.02 Å². The van der Waals surface area contributed by atoms with Gasteiger partial charge in [-0.25, -0.2) is 0 Å². The SMILES string of the molecule is O=C(Nc1cccc2c1CCCC2)c1cc(S)ccc1Cl. The Morgan fingerprint density at radius 2 is 1.95 bits per heavy atom. The van der Waals surface area contributed by atoms with Gasteiger partial charge >= 0.3 is 0 Å². The first-order valence-electron chi connectivity index (χ1n) is 7.06. The van der Waals surface area contributed by atoms with Gasteiger partial charge in [0.15, 0.2) is 0 Å². The van der Waals surface area contributed by atoms with E-state index in [1.54, 1.807) is 18.2 Å². The molecule has 0 saturated carbocycles. The number of fused-ring (bicyclic) bond motifs is 1. The fraction of sp³-hybridized carbons (Fsp3) is 0.235. The molecule has 1 N–H and O–H groups in total. The van der Waals surface area contributed by atoms with Crippen molar-refractivity contribution < 1.29 is 4.79 Å². The van der Waals surface area contributed by atoms with Gasteiger partial charge in [0.2, 0.25) is 0 Å². The summed E-state index contributed by atoms with van der Waals surface area (Å²) < 4.78 is 0. The standard InChI is InChI=1S/C17H16ClNOS/c18-15-9-8-12(21)10-14(15)17(20)19-16-7-3-5-11-4-1-2-6-13(11)16/h3,5,7-10,21H,1-2,4,6H2,(H,19,20). The highest BCUT2D eigenvalue weighted by Gasteiger charge is 2.16. The first kappa shape index (κ1) is 14.5. The van der Waals surface area contributed by atoms with Crippen molar-refractivity contribution in [1.82, 2.24) is 0 Å². The second-order valence-electron chi connectivity index (χ2n) is 5.27. The van der Waals surface area contributed by atoms with Crippen molar-refractivity contribution in [1.29, 1.82) is 0 Å². The summed E-state index contributed by atoms with van der Waals surface area (Å²) in [7, 11) is 0. The molecule has 0 fully saturated rings. The molecule has 3 rings (SSSR count). The van der Waals surface area contributed by atoms with Crippen LogP contribution in [-0.2, 0) is 12.8 Å². The number of anilines is 1. The van der Waals surface area contributed by atoms with Gasteiger partial charge in [0, 0.05) is 10.6 Å². The molecule has 0 radical (unpaired) electrons. The van der Waals surface area contributed by atoms with Gasteiger partial charge in [-0.15, -0.1) is 12.6 Å². The van der Waals surface area contributed by atoms with E-state index in [1.807, 2.05) is 12.1 Å². The third kappa shape index (κ3) is 3.09. The smallest absolute Gasteiger partial charge is 0.257 e. The van der Waals surface area contributed by atoms with Gasteiger partial charge < -0.3 is 5.32 Å². The number of carbonyl (C=O) groups excluding carboxylic acids is 1. The van der Waals surface area contributed by atoms with Gasteiger partial charge in [-0.2, -0.15) is 0 Å². The maximum atomic E-state index is 12.4. The topological polar surface area (TPSA) is 29.1 Å². The minimum Gasteiger partial charge on any atom is -0.322 e. The zero-order chi connectivity index (χ0) is 14.8. The maximum Gasteiger partial charge on any atom is 0.257 e. The fourth-order valence-corrected chi connectivity index (χ4v) is 3.18. The van der Waals surface area contributed by atoms with Crippen LogP contribution in [0.4, 0.5) is 5.69 Å². The molecule has 2 aromatic carbocycles.